The van der Waals surface area contributed by atoms with E-state index in [2.05, 4.69) is 10.5 Å². The molecule has 0 aliphatic carbocycles. The Hall–Kier alpha value is -3.92. The van der Waals surface area contributed by atoms with Gasteiger partial charge in [-0.25, -0.2) is 18.2 Å². The van der Waals surface area contributed by atoms with E-state index in [1.165, 1.54) is 56.7 Å². The largest absolute Gasteiger partial charge is 0.497 e. The van der Waals surface area contributed by atoms with Crippen molar-refractivity contribution in [1.29, 1.82) is 0 Å². The number of nitrogens with one attached hydrogen (secondary N) is 1. The molecule has 0 saturated carbocycles. The lowest BCUT2D eigenvalue weighted by Crippen LogP contribution is -2.39. The van der Waals surface area contributed by atoms with Gasteiger partial charge in [-0.1, -0.05) is 36.4 Å². The van der Waals surface area contributed by atoms with Crippen LogP contribution in [0.4, 0.5) is 10.1 Å². The number of hydrogen-bond acceptors (Lipinski definition) is 6. The molecule has 0 spiro atoms. The zero-order valence-corrected chi connectivity index (χ0v) is 18.8. The summed E-state index contributed by atoms with van der Waals surface area (Å²) in [6.07, 6.45) is 1.14. The molecule has 0 aromatic heterocycles. The average Bonchev–Trinajstić information content (AvgIpc) is 2.84. The number of nitrogens with zero attached hydrogens (tertiary/aromatic N) is 2. The van der Waals surface area contributed by atoms with E-state index >= 15 is 0 Å². The van der Waals surface area contributed by atoms with Crippen molar-refractivity contribution in [2.45, 2.75) is 4.90 Å². The summed E-state index contributed by atoms with van der Waals surface area (Å²) >= 11 is 0. The number of methoxy groups -OCH3 is 2. The Kier molecular flexibility index (Phi) is 7.62. The molecule has 3 aromatic carbocycles. The zero-order chi connectivity index (χ0) is 23.8. The molecule has 0 atom stereocenters. The van der Waals surface area contributed by atoms with E-state index in [9.17, 15) is 17.6 Å². The Morgan fingerprint density at radius 3 is 2.39 bits per heavy atom. The number of amides is 1. The minimum absolute atomic E-state index is 0.00877. The number of benzene rings is 3. The molecular formula is C23H22FN3O5S. The number of sulfonamides is 1. The molecule has 3 rings (SSSR count). The molecule has 172 valence electrons. The second-order valence-electron chi connectivity index (χ2n) is 6.68. The van der Waals surface area contributed by atoms with Crippen LogP contribution < -0.4 is 19.2 Å². The van der Waals surface area contributed by atoms with Gasteiger partial charge in [0.2, 0.25) is 0 Å². The van der Waals surface area contributed by atoms with E-state index in [0.717, 1.165) is 10.5 Å². The van der Waals surface area contributed by atoms with Crippen LogP contribution in [0.3, 0.4) is 0 Å². The highest BCUT2D eigenvalue weighted by Gasteiger charge is 2.29. The van der Waals surface area contributed by atoms with Gasteiger partial charge in [-0.05, 0) is 30.3 Å². The van der Waals surface area contributed by atoms with Crippen LogP contribution in [0.5, 0.6) is 11.5 Å². The Balaban J connectivity index is 1.93. The van der Waals surface area contributed by atoms with Gasteiger partial charge in [0.15, 0.2) is 0 Å². The number of ether oxygens (including phenoxy) is 2. The summed E-state index contributed by atoms with van der Waals surface area (Å²) in [6, 6.07) is 18.1. The lowest BCUT2D eigenvalue weighted by atomic mass is 10.2. The quantitative estimate of drug-likeness (QED) is 0.382. The van der Waals surface area contributed by atoms with E-state index < -0.39 is 28.3 Å². The van der Waals surface area contributed by atoms with Crippen LogP contribution in [0.2, 0.25) is 0 Å². The monoisotopic (exact) mass is 471 g/mol. The fraction of sp³-hybridized carbons (Fsp3) is 0.130. The number of hydrazone groups is 1. The molecular weight excluding hydrogens is 449 g/mol. The van der Waals surface area contributed by atoms with Crippen LogP contribution in [-0.4, -0.2) is 41.3 Å². The van der Waals surface area contributed by atoms with Gasteiger partial charge in [0, 0.05) is 11.6 Å². The van der Waals surface area contributed by atoms with Crippen LogP contribution in [0.1, 0.15) is 5.56 Å². The van der Waals surface area contributed by atoms with Gasteiger partial charge in [0.25, 0.3) is 15.9 Å². The van der Waals surface area contributed by atoms with E-state index in [1.807, 2.05) is 0 Å². The summed E-state index contributed by atoms with van der Waals surface area (Å²) in [7, 11) is -1.30. The van der Waals surface area contributed by atoms with Crippen molar-refractivity contribution >= 4 is 27.8 Å². The van der Waals surface area contributed by atoms with E-state index in [4.69, 9.17) is 9.47 Å². The second-order valence-corrected chi connectivity index (χ2v) is 8.54. The van der Waals surface area contributed by atoms with Crippen molar-refractivity contribution in [2.75, 3.05) is 25.1 Å². The number of anilines is 1. The Labute approximate surface area is 191 Å². The van der Waals surface area contributed by atoms with Gasteiger partial charge in [0.05, 0.1) is 31.0 Å². The third-order valence-electron chi connectivity index (χ3n) is 4.57. The normalized spacial score (nSPS) is 11.2. The van der Waals surface area contributed by atoms with E-state index in [0.29, 0.717) is 5.75 Å². The summed E-state index contributed by atoms with van der Waals surface area (Å²) in [5, 5.41) is 3.74. The Morgan fingerprint density at radius 2 is 1.73 bits per heavy atom. The molecule has 0 fully saturated rings. The second kappa shape index (κ2) is 10.6. The number of carbonyl (C=O) groups excluding carboxylic acids is 1. The van der Waals surface area contributed by atoms with Gasteiger partial charge >= 0.3 is 0 Å². The van der Waals surface area contributed by atoms with Gasteiger partial charge in [-0.3, -0.25) is 9.10 Å². The summed E-state index contributed by atoms with van der Waals surface area (Å²) in [4.78, 5) is 12.6. The fourth-order valence-corrected chi connectivity index (χ4v) is 4.38. The van der Waals surface area contributed by atoms with Gasteiger partial charge in [-0.15, -0.1) is 0 Å². The van der Waals surface area contributed by atoms with Crippen LogP contribution in [-0.2, 0) is 14.8 Å². The molecule has 0 saturated heterocycles. The van der Waals surface area contributed by atoms with Crippen molar-refractivity contribution in [3.8, 4) is 11.5 Å². The molecule has 1 amide bonds. The lowest BCUT2D eigenvalue weighted by Gasteiger charge is -2.25. The number of hydrogen-bond donors (Lipinski definition) is 1. The predicted octanol–water partition coefficient (Wildman–Crippen LogP) is 3.19. The summed E-state index contributed by atoms with van der Waals surface area (Å²) < 4.78 is 51.9. The van der Waals surface area contributed by atoms with Crippen molar-refractivity contribution in [1.82, 2.24) is 5.43 Å². The molecule has 33 heavy (non-hydrogen) atoms. The molecule has 0 aliphatic heterocycles. The number of rotatable bonds is 9. The minimum Gasteiger partial charge on any atom is -0.497 e. The minimum atomic E-state index is -4.15. The Bertz CT molecular complexity index is 1250. The highest BCUT2D eigenvalue weighted by molar-refractivity contribution is 7.92. The third kappa shape index (κ3) is 5.66. The van der Waals surface area contributed by atoms with Crippen LogP contribution >= 0.6 is 0 Å². The first-order valence-corrected chi connectivity index (χ1v) is 11.2. The number of carbonyl (C=O) groups is 1. The maximum absolute atomic E-state index is 13.7. The van der Waals surface area contributed by atoms with Gasteiger partial charge in [0.1, 0.15) is 23.9 Å². The zero-order valence-electron chi connectivity index (χ0n) is 17.9. The van der Waals surface area contributed by atoms with Crippen LogP contribution in [0, 0.1) is 5.82 Å². The number of halogens is 1. The van der Waals surface area contributed by atoms with Crippen LogP contribution in [0.15, 0.2) is 82.8 Å². The topological polar surface area (TPSA) is 97.3 Å². The third-order valence-corrected chi connectivity index (χ3v) is 6.35. The maximum atomic E-state index is 13.7. The fourth-order valence-electron chi connectivity index (χ4n) is 2.93. The Morgan fingerprint density at radius 1 is 1.03 bits per heavy atom. The lowest BCUT2D eigenvalue weighted by molar-refractivity contribution is -0.119. The molecule has 0 heterocycles. The molecule has 0 bridgehead atoms. The SMILES string of the molecule is COc1ccc(N(CC(=O)N/N=C\c2ccccc2F)S(=O)(=O)c2ccccc2)c(OC)c1. The predicted molar refractivity (Wildman–Crippen MR) is 123 cm³/mol. The van der Waals surface area contributed by atoms with Crippen molar-refractivity contribution in [2.24, 2.45) is 5.10 Å². The molecule has 10 heteroatoms. The molecule has 8 nitrogen and oxygen atoms in total. The molecule has 3 aromatic rings. The highest BCUT2D eigenvalue weighted by atomic mass is 32.2. The van der Waals surface area contributed by atoms with E-state index in [-0.39, 0.29) is 21.9 Å². The highest BCUT2D eigenvalue weighted by Crippen LogP contribution is 2.35. The van der Waals surface area contributed by atoms with E-state index in [1.54, 1.807) is 30.3 Å². The molecule has 0 radical (unpaired) electrons. The van der Waals surface area contributed by atoms with Crippen molar-refractivity contribution in [3.63, 3.8) is 0 Å². The van der Waals surface area contributed by atoms with Crippen molar-refractivity contribution in [3.05, 3.63) is 84.2 Å². The first-order valence-electron chi connectivity index (χ1n) is 9.73. The summed E-state index contributed by atoms with van der Waals surface area (Å²) in [6.45, 7) is -0.603. The van der Waals surface area contributed by atoms with Crippen LogP contribution in [0.25, 0.3) is 0 Å². The first-order chi connectivity index (χ1) is 15.9. The smallest absolute Gasteiger partial charge is 0.264 e. The summed E-state index contributed by atoms with van der Waals surface area (Å²) in [5.74, 6) is -0.602. The van der Waals surface area contributed by atoms with Crippen molar-refractivity contribution < 1.29 is 27.1 Å². The average molecular weight is 472 g/mol. The van der Waals surface area contributed by atoms with Gasteiger partial charge < -0.3 is 9.47 Å². The van der Waals surface area contributed by atoms with Gasteiger partial charge in [-0.2, -0.15) is 5.10 Å². The molecule has 0 unspecified atom stereocenters. The molecule has 0 aliphatic rings. The maximum Gasteiger partial charge on any atom is 0.264 e. The standard InChI is InChI=1S/C23H22FN3O5S/c1-31-18-12-13-21(22(14-18)32-2)27(33(29,30)19-9-4-3-5-10-19)16-23(28)26-25-15-17-8-6-7-11-20(17)24/h3-15H,16H2,1-2H3,(H,26,28)/b25-15-. The first kappa shape index (κ1) is 23.7. The summed E-state index contributed by atoms with van der Waals surface area (Å²) in [5.41, 5.74) is 2.54. The molecule has 1 N–H and O–H groups in total.